The minimum atomic E-state index is -3.37. The van der Waals surface area contributed by atoms with Gasteiger partial charge in [0.2, 0.25) is 0 Å². The molecule has 0 aliphatic heterocycles. The van der Waals surface area contributed by atoms with Crippen LogP contribution in [0.1, 0.15) is 48.7 Å². The standard InChI is InChI=1S/C36H36N2O5S2/c1-24(44(4,40)41)18-26-20-29-10-7-17-37-35(29)33(22-26)28-9-6-8-25(19-28)21-32(27-11-14-31(15-12-27)45(5,42)43)34-16-13-30(23-38-34)36(2,3)39/h6-17,19-24,39H,18H2,1-5H3/b32-21-. The molecular formula is C36H36N2O5S2. The predicted octanol–water partition coefficient (Wildman–Crippen LogP) is 6.49. The lowest BCUT2D eigenvalue weighted by atomic mass is 9.94. The molecule has 7 nitrogen and oxygen atoms in total. The van der Waals surface area contributed by atoms with Gasteiger partial charge >= 0.3 is 0 Å². The molecule has 0 fully saturated rings. The lowest BCUT2D eigenvalue weighted by Crippen LogP contribution is -2.18. The molecule has 9 heteroatoms. The zero-order valence-corrected chi connectivity index (χ0v) is 27.5. The second kappa shape index (κ2) is 12.3. The minimum Gasteiger partial charge on any atom is -0.386 e. The summed E-state index contributed by atoms with van der Waals surface area (Å²) in [6.07, 6.45) is 8.21. The third kappa shape index (κ3) is 7.56. The molecule has 1 atom stereocenters. The highest BCUT2D eigenvalue weighted by molar-refractivity contribution is 7.91. The lowest BCUT2D eigenvalue weighted by molar-refractivity contribution is 0.0782. The average Bonchev–Trinajstić information content (AvgIpc) is 2.98. The smallest absolute Gasteiger partial charge is 0.175 e. The Bertz CT molecular complexity index is 2110. The molecule has 1 unspecified atom stereocenters. The number of hydrogen-bond acceptors (Lipinski definition) is 7. The van der Waals surface area contributed by atoms with E-state index in [2.05, 4.69) is 9.97 Å². The molecule has 45 heavy (non-hydrogen) atoms. The van der Waals surface area contributed by atoms with Gasteiger partial charge in [0.15, 0.2) is 9.84 Å². The SMILES string of the molecule is CC(Cc1cc(-c2cccc(/C=C(/c3ccc(S(C)(=O)=O)cc3)c3ccc(C(C)(C)O)cn3)c2)c2ncccc2c1)S(C)(=O)=O. The molecule has 5 rings (SSSR count). The van der Waals surface area contributed by atoms with Crippen molar-refractivity contribution in [1.82, 2.24) is 9.97 Å². The van der Waals surface area contributed by atoms with E-state index in [0.717, 1.165) is 44.3 Å². The molecule has 0 radical (unpaired) electrons. The van der Waals surface area contributed by atoms with E-state index in [-0.39, 0.29) is 4.90 Å². The summed E-state index contributed by atoms with van der Waals surface area (Å²) in [5.41, 5.74) is 6.24. The summed E-state index contributed by atoms with van der Waals surface area (Å²) in [4.78, 5) is 9.54. The average molecular weight is 641 g/mol. The van der Waals surface area contributed by atoms with Crippen LogP contribution in [0, 0.1) is 0 Å². The second-order valence-corrected chi connectivity index (χ2v) is 16.5. The van der Waals surface area contributed by atoms with Gasteiger partial charge in [0.25, 0.3) is 0 Å². The first-order valence-electron chi connectivity index (χ1n) is 14.5. The first-order chi connectivity index (χ1) is 21.1. The van der Waals surface area contributed by atoms with E-state index < -0.39 is 30.5 Å². The van der Waals surface area contributed by atoms with Crippen molar-refractivity contribution in [1.29, 1.82) is 0 Å². The molecule has 2 heterocycles. The van der Waals surface area contributed by atoms with Crippen LogP contribution in [0.5, 0.6) is 0 Å². The maximum absolute atomic E-state index is 12.2. The van der Waals surface area contributed by atoms with Crippen molar-refractivity contribution >= 4 is 42.2 Å². The highest BCUT2D eigenvalue weighted by atomic mass is 32.2. The highest BCUT2D eigenvalue weighted by Crippen LogP contribution is 2.33. The van der Waals surface area contributed by atoms with Crippen LogP contribution in [-0.4, -0.2) is 49.7 Å². The Morgan fingerprint density at radius 3 is 2.24 bits per heavy atom. The molecule has 0 aliphatic carbocycles. The van der Waals surface area contributed by atoms with Crippen LogP contribution in [-0.2, 0) is 31.7 Å². The van der Waals surface area contributed by atoms with Gasteiger partial charge in [-0.05, 0) is 98.0 Å². The highest BCUT2D eigenvalue weighted by Gasteiger charge is 2.19. The van der Waals surface area contributed by atoms with Gasteiger partial charge in [-0.15, -0.1) is 0 Å². The van der Waals surface area contributed by atoms with Crippen molar-refractivity contribution in [2.24, 2.45) is 0 Å². The maximum atomic E-state index is 12.2. The number of pyridine rings is 2. The van der Waals surface area contributed by atoms with Crippen LogP contribution in [0.15, 0.2) is 102 Å². The quantitative estimate of drug-likeness (QED) is 0.183. The Hall–Kier alpha value is -4.18. The molecule has 0 amide bonds. The largest absolute Gasteiger partial charge is 0.386 e. The molecule has 1 N–H and O–H groups in total. The minimum absolute atomic E-state index is 0.224. The number of hydrogen-bond donors (Lipinski definition) is 1. The lowest BCUT2D eigenvalue weighted by Gasteiger charge is -2.18. The number of nitrogens with zero attached hydrogens (tertiary/aromatic N) is 2. The molecule has 0 bridgehead atoms. The summed E-state index contributed by atoms with van der Waals surface area (Å²) in [5, 5.41) is 10.9. The van der Waals surface area contributed by atoms with Crippen LogP contribution in [0.4, 0.5) is 0 Å². The number of rotatable bonds is 9. The zero-order chi connectivity index (χ0) is 32.6. The van der Waals surface area contributed by atoms with Crippen LogP contribution < -0.4 is 0 Å². The Morgan fingerprint density at radius 1 is 0.889 bits per heavy atom. The van der Waals surface area contributed by atoms with E-state index in [1.54, 1.807) is 57.4 Å². The van der Waals surface area contributed by atoms with Gasteiger partial charge in [0.05, 0.1) is 27.0 Å². The first-order valence-corrected chi connectivity index (χ1v) is 18.3. The first kappa shape index (κ1) is 32.2. The molecule has 0 aliphatic rings. The fourth-order valence-corrected chi connectivity index (χ4v) is 6.27. The molecule has 0 spiro atoms. The van der Waals surface area contributed by atoms with E-state index in [4.69, 9.17) is 0 Å². The van der Waals surface area contributed by atoms with Crippen molar-refractivity contribution in [3.8, 4) is 11.1 Å². The number of fused-ring (bicyclic) bond motifs is 1. The van der Waals surface area contributed by atoms with E-state index in [0.29, 0.717) is 17.7 Å². The Labute approximate surface area is 265 Å². The van der Waals surface area contributed by atoms with Crippen molar-refractivity contribution in [2.45, 2.75) is 42.9 Å². The van der Waals surface area contributed by atoms with Gasteiger partial charge < -0.3 is 5.11 Å². The van der Waals surface area contributed by atoms with Gasteiger partial charge in [-0.1, -0.05) is 42.5 Å². The fourth-order valence-electron chi connectivity index (χ4n) is 5.14. The Kier molecular flexibility index (Phi) is 8.81. The van der Waals surface area contributed by atoms with E-state index in [1.165, 1.54) is 12.5 Å². The summed E-state index contributed by atoms with van der Waals surface area (Å²) in [6.45, 7) is 5.12. The van der Waals surface area contributed by atoms with Gasteiger partial charge in [-0.2, -0.15) is 0 Å². The summed E-state index contributed by atoms with van der Waals surface area (Å²) < 4.78 is 48.6. The van der Waals surface area contributed by atoms with Crippen molar-refractivity contribution in [3.05, 3.63) is 125 Å². The molecule has 232 valence electrons. The third-order valence-corrected chi connectivity index (χ3v) is 10.6. The Balaban J connectivity index is 1.64. The topological polar surface area (TPSA) is 114 Å². The fraction of sp³-hybridized carbons (Fsp3) is 0.222. The van der Waals surface area contributed by atoms with E-state index in [9.17, 15) is 21.9 Å². The van der Waals surface area contributed by atoms with Gasteiger partial charge in [0.1, 0.15) is 9.84 Å². The van der Waals surface area contributed by atoms with Gasteiger partial charge in [0, 0.05) is 47.0 Å². The molecule has 0 saturated carbocycles. The number of aliphatic hydroxyl groups is 1. The Morgan fingerprint density at radius 2 is 1.62 bits per heavy atom. The summed E-state index contributed by atoms with van der Waals surface area (Å²) >= 11 is 0. The monoisotopic (exact) mass is 640 g/mol. The summed E-state index contributed by atoms with van der Waals surface area (Å²) in [5.74, 6) is 0. The van der Waals surface area contributed by atoms with E-state index >= 15 is 0 Å². The van der Waals surface area contributed by atoms with Crippen LogP contribution in [0.3, 0.4) is 0 Å². The molecule has 5 aromatic rings. The molecule has 0 saturated heterocycles. The number of aromatic nitrogens is 2. The number of benzene rings is 3. The van der Waals surface area contributed by atoms with Gasteiger partial charge in [-0.3, -0.25) is 9.97 Å². The predicted molar refractivity (Wildman–Crippen MR) is 181 cm³/mol. The molecule has 2 aromatic heterocycles. The molecular weight excluding hydrogens is 605 g/mol. The zero-order valence-electron chi connectivity index (χ0n) is 25.9. The second-order valence-electron chi connectivity index (χ2n) is 12.0. The summed E-state index contributed by atoms with van der Waals surface area (Å²) in [7, 11) is -6.57. The van der Waals surface area contributed by atoms with Gasteiger partial charge in [-0.25, -0.2) is 16.8 Å². The van der Waals surface area contributed by atoms with Crippen molar-refractivity contribution < 1.29 is 21.9 Å². The molecule has 3 aromatic carbocycles. The normalized spacial score (nSPS) is 13.6. The van der Waals surface area contributed by atoms with Crippen molar-refractivity contribution in [3.63, 3.8) is 0 Å². The van der Waals surface area contributed by atoms with Crippen LogP contribution in [0.2, 0.25) is 0 Å². The van der Waals surface area contributed by atoms with Crippen molar-refractivity contribution in [2.75, 3.05) is 12.5 Å². The third-order valence-electron chi connectivity index (χ3n) is 7.87. The van der Waals surface area contributed by atoms with E-state index in [1.807, 2.05) is 66.7 Å². The maximum Gasteiger partial charge on any atom is 0.175 e. The summed E-state index contributed by atoms with van der Waals surface area (Å²) in [6, 6.07) is 26.2. The van der Waals surface area contributed by atoms with Crippen LogP contribution >= 0.6 is 0 Å². The van der Waals surface area contributed by atoms with Crippen LogP contribution in [0.25, 0.3) is 33.7 Å². The number of sulfone groups is 2.